The molecule has 110 valence electrons. The van der Waals surface area contributed by atoms with Gasteiger partial charge in [0.2, 0.25) is 0 Å². The van der Waals surface area contributed by atoms with Crippen LogP contribution in [0.5, 0.6) is 0 Å². The molecule has 1 rings (SSSR count). The van der Waals surface area contributed by atoms with Crippen molar-refractivity contribution in [1.82, 2.24) is 5.32 Å². The number of nitrogens with one attached hydrogen (secondary N) is 1. The summed E-state index contributed by atoms with van der Waals surface area (Å²) in [5, 5.41) is 2.77. The number of hydrogen-bond acceptors (Lipinski definition) is 5. The normalized spacial score (nSPS) is 10.9. The van der Waals surface area contributed by atoms with E-state index in [0.29, 0.717) is 11.4 Å². The van der Waals surface area contributed by atoms with Gasteiger partial charge in [0.15, 0.2) is 6.61 Å². The lowest BCUT2D eigenvalue weighted by atomic mass is 10.0. The summed E-state index contributed by atoms with van der Waals surface area (Å²) in [6, 6.07) is 4.44. The fraction of sp³-hybridized carbons (Fsp3) is 0.429. The highest BCUT2D eigenvalue weighted by molar-refractivity contribution is 5.93. The quantitative estimate of drug-likeness (QED) is 0.556. The number of carbonyl (C=O) groups excluding carboxylic acids is 2. The summed E-state index contributed by atoms with van der Waals surface area (Å²) in [6.45, 7) is 5.41. The van der Waals surface area contributed by atoms with E-state index in [1.165, 1.54) is 18.2 Å². The van der Waals surface area contributed by atoms with Crippen molar-refractivity contribution in [2.24, 2.45) is 0 Å². The van der Waals surface area contributed by atoms with Gasteiger partial charge in [-0.2, -0.15) is 0 Å². The molecule has 0 radical (unpaired) electrons. The Hall–Kier alpha value is -2.24. The maximum atomic E-state index is 11.8. The molecule has 0 saturated heterocycles. The van der Waals surface area contributed by atoms with E-state index in [9.17, 15) is 9.59 Å². The van der Waals surface area contributed by atoms with E-state index in [1.54, 1.807) is 0 Å². The zero-order chi connectivity index (χ0) is 15.3. The number of esters is 1. The van der Waals surface area contributed by atoms with Crippen LogP contribution in [0.15, 0.2) is 18.2 Å². The maximum absolute atomic E-state index is 11.8. The van der Waals surface area contributed by atoms with E-state index in [2.05, 4.69) is 5.32 Å². The lowest BCUT2D eigenvalue weighted by molar-refractivity contribution is -0.125. The highest BCUT2D eigenvalue weighted by Crippen LogP contribution is 2.14. The second-order valence-corrected chi connectivity index (χ2v) is 5.25. The Morgan fingerprint density at radius 2 is 1.75 bits per heavy atom. The van der Waals surface area contributed by atoms with Crippen molar-refractivity contribution in [2.45, 2.75) is 32.7 Å². The van der Waals surface area contributed by atoms with E-state index >= 15 is 0 Å². The first-order valence-corrected chi connectivity index (χ1v) is 6.37. The zero-order valence-corrected chi connectivity index (χ0v) is 12.0. The lowest BCUT2D eigenvalue weighted by Crippen LogP contribution is -2.44. The number of anilines is 2. The van der Waals surface area contributed by atoms with Gasteiger partial charge in [-0.25, -0.2) is 4.79 Å². The molecule has 0 aliphatic carbocycles. The minimum Gasteiger partial charge on any atom is -0.452 e. The van der Waals surface area contributed by atoms with Crippen molar-refractivity contribution in [2.75, 3.05) is 18.1 Å². The van der Waals surface area contributed by atoms with Crippen molar-refractivity contribution in [3.63, 3.8) is 0 Å². The Labute approximate surface area is 118 Å². The van der Waals surface area contributed by atoms with Gasteiger partial charge in [-0.1, -0.05) is 6.92 Å². The van der Waals surface area contributed by atoms with Crippen LogP contribution in [-0.4, -0.2) is 24.0 Å². The summed E-state index contributed by atoms with van der Waals surface area (Å²) >= 11 is 0. The number of nitrogen functional groups attached to an aromatic ring is 2. The molecule has 0 heterocycles. The zero-order valence-electron chi connectivity index (χ0n) is 12.0. The smallest absolute Gasteiger partial charge is 0.338 e. The van der Waals surface area contributed by atoms with E-state index in [0.717, 1.165) is 6.42 Å². The number of nitrogens with two attached hydrogens (primary N) is 2. The Kier molecular flexibility index (Phi) is 4.96. The number of carbonyl (C=O) groups is 2. The van der Waals surface area contributed by atoms with Gasteiger partial charge in [-0.3, -0.25) is 4.79 Å². The second-order valence-electron chi connectivity index (χ2n) is 5.25. The Morgan fingerprint density at radius 3 is 2.25 bits per heavy atom. The standard InChI is InChI=1S/C14H21N3O3/c1-4-14(2,3)17-12(18)8-20-13(19)9-5-10(15)7-11(16)6-9/h5-7H,4,8,15-16H2,1-3H3,(H,17,18). The third-order valence-corrected chi connectivity index (χ3v) is 2.91. The average molecular weight is 279 g/mol. The van der Waals surface area contributed by atoms with Gasteiger partial charge in [-0.15, -0.1) is 0 Å². The minimum atomic E-state index is -0.631. The molecule has 0 bridgehead atoms. The summed E-state index contributed by atoms with van der Waals surface area (Å²) in [5.74, 6) is -0.976. The summed E-state index contributed by atoms with van der Waals surface area (Å²) < 4.78 is 4.93. The van der Waals surface area contributed by atoms with Crippen LogP contribution in [0.4, 0.5) is 11.4 Å². The Morgan fingerprint density at radius 1 is 1.20 bits per heavy atom. The second kappa shape index (κ2) is 6.27. The Balaban J connectivity index is 2.57. The third-order valence-electron chi connectivity index (χ3n) is 2.91. The molecule has 5 N–H and O–H groups in total. The number of ether oxygens (including phenoxy) is 1. The molecular weight excluding hydrogens is 258 g/mol. The molecule has 0 atom stereocenters. The third kappa shape index (κ3) is 4.79. The molecule has 0 saturated carbocycles. The van der Waals surface area contributed by atoms with Crippen LogP contribution >= 0.6 is 0 Å². The van der Waals surface area contributed by atoms with E-state index in [1.807, 2.05) is 20.8 Å². The molecule has 6 nitrogen and oxygen atoms in total. The summed E-state index contributed by atoms with van der Waals surface area (Å²) in [7, 11) is 0. The molecule has 1 aromatic carbocycles. The first kappa shape index (κ1) is 15.8. The van der Waals surface area contributed by atoms with Crippen LogP contribution in [0.25, 0.3) is 0 Å². The monoisotopic (exact) mass is 279 g/mol. The van der Waals surface area contributed by atoms with Crippen LogP contribution in [0.1, 0.15) is 37.6 Å². The predicted octanol–water partition coefficient (Wildman–Crippen LogP) is 1.31. The predicted molar refractivity (Wildman–Crippen MR) is 78.1 cm³/mol. The molecule has 0 aromatic heterocycles. The van der Waals surface area contributed by atoms with Crippen molar-refractivity contribution < 1.29 is 14.3 Å². The maximum Gasteiger partial charge on any atom is 0.338 e. The highest BCUT2D eigenvalue weighted by atomic mass is 16.5. The van der Waals surface area contributed by atoms with Crippen LogP contribution in [-0.2, 0) is 9.53 Å². The van der Waals surface area contributed by atoms with Crippen LogP contribution in [0, 0.1) is 0 Å². The fourth-order valence-corrected chi connectivity index (χ4v) is 1.51. The molecule has 20 heavy (non-hydrogen) atoms. The van der Waals surface area contributed by atoms with Crippen molar-refractivity contribution in [1.29, 1.82) is 0 Å². The topological polar surface area (TPSA) is 107 Å². The molecule has 1 aromatic rings. The molecule has 0 fully saturated rings. The van der Waals surface area contributed by atoms with Gasteiger partial charge >= 0.3 is 5.97 Å². The average Bonchev–Trinajstić information content (AvgIpc) is 2.34. The minimum absolute atomic E-state index is 0.227. The molecule has 0 spiro atoms. The van der Waals surface area contributed by atoms with Crippen LogP contribution < -0.4 is 16.8 Å². The van der Waals surface area contributed by atoms with Crippen molar-refractivity contribution in [3.8, 4) is 0 Å². The van der Waals surface area contributed by atoms with Gasteiger partial charge < -0.3 is 21.5 Å². The van der Waals surface area contributed by atoms with Crippen LogP contribution in [0.3, 0.4) is 0 Å². The van der Waals surface area contributed by atoms with Crippen molar-refractivity contribution in [3.05, 3.63) is 23.8 Å². The van der Waals surface area contributed by atoms with Gasteiger partial charge in [-0.05, 0) is 38.5 Å². The number of amides is 1. The first-order chi connectivity index (χ1) is 9.23. The number of benzene rings is 1. The number of rotatable bonds is 5. The fourth-order valence-electron chi connectivity index (χ4n) is 1.51. The Bertz CT molecular complexity index is 492. The highest BCUT2D eigenvalue weighted by Gasteiger charge is 2.19. The molecular formula is C14H21N3O3. The lowest BCUT2D eigenvalue weighted by Gasteiger charge is -2.24. The van der Waals surface area contributed by atoms with Gasteiger partial charge in [0.25, 0.3) is 5.91 Å². The summed E-state index contributed by atoms with van der Waals surface area (Å²) in [4.78, 5) is 23.4. The van der Waals surface area contributed by atoms with E-state index in [4.69, 9.17) is 16.2 Å². The molecule has 0 aliphatic heterocycles. The van der Waals surface area contributed by atoms with Crippen molar-refractivity contribution >= 4 is 23.3 Å². The van der Waals surface area contributed by atoms with E-state index < -0.39 is 5.97 Å². The van der Waals surface area contributed by atoms with Gasteiger partial charge in [0.1, 0.15) is 0 Å². The largest absolute Gasteiger partial charge is 0.452 e. The molecule has 0 aliphatic rings. The van der Waals surface area contributed by atoms with Gasteiger partial charge in [0.05, 0.1) is 5.56 Å². The van der Waals surface area contributed by atoms with Crippen LogP contribution in [0.2, 0.25) is 0 Å². The molecule has 1 amide bonds. The first-order valence-electron chi connectivity index (χ1n) is 6.37. The van der Waals surface area contributed by atoms with E-state index in [-0.39, 0.29) is 23.6 Å². The molecule has 6 heteroatoms. The number of hydrogen-bond donors (Lipinski definition) is 3. The summed E-state index contributed by atoms with van der Waals surface area (Å²) in [5.41, 5.74) is 11.8. The molecule has 0 unspecified atom stereocenters. The van der Waals surface area contributed by atoms with Gasteiger partial charge in [0, 0.05) is 16.9 Å². The SMILES string of the molecule is CCC(C)(C)NC(=O)COC(=O)c1cc(N)cc(N)c1. The summed E-state index contributed by atoms with van der Waals surface area (Å²) in [6.07, 6.45) is 0.776.